The van der Waals surface area contributed by atoms with Crippen molar-refractivity contribution in [2.45, 2.75) is 24.8 Å². The zero-order valence-corrected chi connectivity index (χ0v) is 19.3. The third-order valence-corrected chi connectivity index (χ3v) is 7.93. The first-order valence-electron chi connectivity index (χ1n) is 10.4. The van der Waals surface area contributed by atoms with Crippen LogP contribution in [0.5, 0.6) is 0 Å². The maximum atomic E-state index is 13.7. The Balaban J connectivity index is 1.66. The first-order chi connectivity index (χ1) is 15.9. The van der Waals surface area contributed by atoms with Gasteiger partial charge in [-0.15, -0.1) is 0 Å². The molecular weight excluding hydrogens is 462 g/mol. The summed E-state index contributed by atoms with van der Waals surface area (Å²) in [5.74, 6) is 0.526. The Morgan fingerprint density at radius 2 is 2.00 bits per heavy atom. The minimum atomic E-state index is -4.01. The molecule has 0 unspecified atom stereocenters. The van der Waals surface area contributed by atoms with Crippen LogP contribution in [0, 0.1) is 24.2 Å². The second-order valence-corrected chi connectivity index (χ2v) is 10.3. The number of benzene rings is 1. The number of fused-ring (bicyclic) bond motifs is 1. The summed E-state index contributed by atoms with van der Waals surface area (Å²) >= 11 is 6.44. The molecule has 33 heavy (non-hydrogen) atoms. The Bertz CT molecular complexity index is 1500. The Labute approximate surface area is 196 Å². The highest BCUT2D eigenvalue weighted by atomic mass is 35.5. The molecule has 4 heterocycles. The maximum absolute atomic E-state index is 13.7. The maximum Gasteiger partial charge on any atom is 0.269 e. The van der Waals surface area contributed by atoms with Gasteiger partial charge in [-0.05, 0) is 31.5 Å². The van der Waals surface area contributed by atoms with Crippen molar-refractivity contribution in [1.29, 1.82) is 5.26 Å². The Morgan fingerprint density at radius 3 is 2.67 bits per heavy atom. The number of aryl methyl sites for hydroxylation is 2. The lowest BCUT2D eigenvalue weighted by atomic mass is 10.0. The molecule has 3 aromatic heterocycles. The van der Waals surface area contributed by atoms with E-state index in [9.17, 15) is 13.7 Å². The number of hydrogen-bond donors (Lipinski definition) is 0. The third-order valence-electron chi connectivity index (χ3n) is 5.80. The van der Waals surface area contributed by atoms with Crippen molar-refractivity contribution in [1.82, 2.24) is 18.7 Å². The van der Waals surface area contributed by atoms with E-state index in [1.165, 1.54) is 10.2 Å². The highest BCUT2D eigenvalue weighted by Gasteiger charge is 2.27. The van der Waals surface area contributed by atoms with Crippen LogP contribution >= 0.6 is 11.6 Å². The quantitative estimate of drug-likeness (QED) is 0.412. The second kappa shape index (κ2) is 8.30. The fourth-order valence-electron chi connectivity index (χ4n) is 3.82. The standard InChI is InChI=1S/C23H20ClN5O3S/c1-15-2-4-19(5-3-15)33(30,31)29-21(8-20-22(24)17(9-25)10-26-23(20)29)18-11-27-28(12-18)7-6-16-13-32-14-16/h2-5,8,10-12,16H,6-7,13-14H2,1H3. The minimum absolute atomic E-state index is 0.131. The van der Waals surface area contributed by atoms with Crippen molar-refractivity contribution >= 4 is 32.7 Å². The van der Waals surface area contributed by atoms with Crippen LogP contribution in [0.4, 0.5) is 0 Å². The van der Waals surface area contributed by atoms with E-state index in [1.807, 2.05) is 19.2 Å². The number of hydrogen-bond acceptors (Lipinski definition) is 6. The Morgan fingerprint density at radius 1 is 1.24 bits per heavy atom. The summed E-state index contributed by atoms with van der Waals surface area (Å²) in [6, 6.07) is 10.3. The molecule has 8 nitrogen and oxygen atoms in total. The number of pyridine rings is 1. The third kappa shape index (κ3) is 3.80. The smallest absolute Gasteiger partial charge is 0.269 e. The van der Waals surface area contributed by atoms with Crippen molar-refractivity contribution in [3.63, 3.8) is 0 Å². The largest absolute Gasteiger partial charge is 0.381 e. The van der Waals surface area contributed by atoms with E-state index < -0.39 is 10.0 Å². The van der Waals surface area contributed by atoms with Crippen LogP contribution in [0.25, 0.3) is 22.3 Å². The van der Waals surface area contributed by atoms with Crippen LogP contribution in [-0.4, -0.2) is 40.4 Å². The van der Waals surface area contributed by atoms with Gasteiger partial charge in [0.2, 0.25) is 0 Å². The summed E-state index contributed by atoms with van der Waals surface area (Å²) < 4.78 is 35.6. The van der Waals surface area contributed by atoms with Gasteiger partial charge in [0.05, 0.1) is 40.6 Å². The summed E-state index contributed by atoms with van der Waals surface area (Å²) in [5, 5.41) is 14.3. The van der Waals surface area contributed by atoms with Crippen LogP contribution in [-0.2, 0) is 21.3 Å². The van der Waals surface area contributed by atoms with E-state index in [1.54, 1.807) is 41.2 Å². The van der Waals surface area contributed by atoms with Gasteiger partial charge in [-0.3, -0.25) is 4.68 Å². The van der Waals surface area contributed by atoms with Crippen LogP contribution in [0.1, 0.15) is 17.5 Å². The molecule has 0 bridgehead atoms. The van der Waals surface area contributed by atoms with Crippen LogP contribution in [0.15, 0.2) is 53.8 Å². The lowest BCUT2D eigenvalue weighted by Crippen LogP contribution is -2.28. The molecule has 0 radical (unpaired) electrons. The fourth-order valence-corrected chi connectivity index (χ4v) is 5.53. The number of nitrogens with zero attached hydrogens (tertiary/aromatic N) is 5. The predicted molar refractivity (Wildman–Crippen MR) is 123 cm³/mol. The van der Waals surface area contributed by atoms with Gasteiger partial charge in [0.15, 0.2) is 5.65 Å². The van der Waals surface area contributed by atoms with Gasteiger partial charge in [-0.1, -0.05) is 29.3 Å². The Hall–Kier alpha value is -3.19. The molecule has 168 valence electrons. The summed E-state index contributed by atoms with van der Waals surface area (Å²) in [7, 11) is -4.01. The normalized spacial score (nSPS) is 14.3. The van der Waals surface area contributed by atoms with Crippen molar-refractivity contribution in [3.8, 4) is 17.3 Å². The first kappa shape index (κ1) is 21.6. The summed E-state index contributed by atoms with van der Waals surface area (Å²) in [6.45, 7) is 4.13. The molecule has 4 aromatic rings. The summed E-state index contributed by atoms with van der Waals surface area (Å²) in [5.41, 5.74) is 2.29. The topological polar surface area (TPSA) is 103 Å². The van der Waals surface area contributed by atoms with E-state index in [0.29, 0.717) is 29.1 Å². The van der Waals surface area contributed by atoms with E-state index >= 15 is 0 Å². The summed E-state index contributed by atoms with van der Waals surface area (Å²) in [4.78, 5) is 4.42. The Kier molecular flexibility index (Phi) is 5.44. The van der Waals surface area contributed by atoms with Gasteiger partial charge >= 0.3 is 0 Å². The number of nitriles is 1. The zero-order valence-electron chi connectivity index (χ0n) is 17.8. The monoisotopic (exact) mass is 481 g/mol. The molecule has 1 fully saturated rings. The number of ether oxygens (including phenoxy) is 1. The molecule has 0 aliphatic carbocycles. The van der Waals surface area contributed by atoms with Gasteiger partial charge in [0.25, 0.3) is 10.0 Å². The van der Waals surface area contributed by atoms with Crippen LogP contribution in [0.3, 0.4) is 0 Å². The van der Waals surface area contributed by atoms with Crippen molar-refractivity contribution in [2.24, 2.45) is 5.92 Å². The lowest BCUT2D eigenvalue weighted by Gasteiger charge is -2.25. The van der Waals surface area contributed by atoms with E-state index in [-0.39, 0.29) is 21.1 Å². The van der Waals surface area contributed by atoms with Crippen molar-refractivity contribution in [2.75, 3.05) is 13.2 Å². The molecule has 0 N–H and O–H groups in total. The molecular formula is C23H20ClN5O3S. The highest BCUT2D eigenvalue weighted by Crippen LogP contribution is 2.35. The molecule has 1 aliphatic rings. The molecule has 0 saturated carbocycles. The summed E-state index contributed by atoms with van der Waals surface area (Å²) in [6.07, 6.45) is 5.67. The van der Waals surface area contributed by atoms with Gasteiger partial charge in [-0.2, -0.15) is 10.4 Å². The number of halogens is 1. The minimum Gasteiger partial charge on any atom is -0.381 e. The highest BCUT2D eigenvalue weighted by molar-refractivity contribution is 7.90. The van der Waals surface area contributed by atoms with Crippen LogP contribution < -0.4 is 0 Å². The lowest BCUT2D eigenvalue weighted by molar-refractivity contribution is -0.0375. The average Bonchev–Trinajstić information content (AvgIpc) is 3.38. The van der Waals surface area contributed by atoms with Crippen LogP contribution in [0.2, 0.25) is 5.02 Å². The number of rotatable bonds is 6. The molecule has 5 rings (SSSR count). The van der Waals surface area contributed by atoms with E-state index in [0.717, 1.165) is 25.2 Å². The van der Waals surface area contributed by atoms with Gasteiger partial charge < -0.3 is 4.74 Å². The number of aromatic nitrogens is 4. The fraction of sp³-hybridized carbons (Fsp3) is 0.261. The molecule has 10 heteroatoms. The molecule has 0 spiro atoms. The second-order valence-electron chi connectivity index (χ2n) is 8.13. The van der Waals surface area contributed by atoms with Crippen molar-refractivity contribution < 1.29 is 13.2 Å². The molecule has 1 aliphatic heterocycles. The molecule has 0 amide bonds. The molecule has 1 saturated heterocycles. The van der Waals surface area contributed by atoms with E-state index in [2.05, 4.69) is 10.1 Å². The molecule has 1 aromatic carbocycles. The first-order valence-corrected chi connectivity index (χ1v) is 12.2. The zero-order chi connectivity index (χ0) is 23.2. The van der Waals surface area contributed by atoms with Gasteiger partial charge in [0, 0.05) is 35.8 Å². The SMILES string of the molecule is Cc1ccc(S(=O)(=O)n2c(-c3cnn(CCC4COC4)c3)cc3c(Cl)c(C#N)cnc32)cc1. The van der Waals surface area contributed by atoms with Crippen molar-refractivity contribution in [3.05, 3.63) is 65.1 Å². The average molecular weight is 482 g/mol. The van der Waals surface area contributed by atoms with Gasteiger partial charge in [0.1, 0.15) is 6.07 Å². The van der Waals surface area contributed by atoms with Gasteiger partial charge in [-0.25, -0.2) is 17.4 Å². The van der Waals surface area contributed by atoms with E-state index in [4.69, 9.17) is 16.3 Å². The molecule has 0 atom stereocenters. The predicted octanol–water partition coefficient (Wildman–Crippen LogP) is 4.01.